The number of aryl methyl sites for hydroxylation is 2. The first-order valence-corrected chi connectivity index (χ1v) is 8.04. The molecule has 0 atom stereocenters. The number of ether oxygens (including phenoxy) is 1. The standard InChI is InChI=1S/C17H21NO2S/c1-14-4-3-5-16(12-14)20-10-9-18(2)17(19)7-6-15-8-11-21-13-15/h3-5,8,11-13H,6-7,9-10H2,1-2H3. The SMILES string of the molecule is Cc1cccc(OCCN(C)C(=O)CCc2ccsc2)c1. The van der Waals surface area contributed by atoms with Crippen LogP contribution in [0.3, 0.4) is 0 Å². The Labute approximate surface area is 130 Å². The fraction of sp³-hybridized carbons (Fsp3) is 0.353. The second-order valence-corrected chi connectivity index (χ2v) is 5.89. The van der Waals surface area contributed by atoms with E-state index in [2.05, 4.69) is 11.4 Å². The van der Waals surface area contributed by atoms with Crippen molar-refractivity contribution in [3.63, 3.8) is 0 Å². The molecule has 0 spiro atoms. The summed E-state index contributed by atoms with van der Waals surface area (Å²) in [4.78, 5) is 13.7. The van der Waals surface area contributed by atoms with Crippen molar-refractivity contribution in [1.29, 1.82) is 0 Å². The van der Waals surface area contributed by atoms with E-state index in [-0.39, 0.29) is 5.91 Å². The molecule has 1 heterocycles. The largest absolute Gasteiger partial charge is 0.492 e. The lowest BCUT2D eigenvalue weighted by Gasteiger charge is -2.17. The van der Waals surface area contributed by atoms with Gasteiger partial charge in [-0.25, -0.2) is 0 Å². The summed E-state index contributed by atoms with van der Waals surface area (Å²) in [6.07, 6.45) is 1.36. The van der Waals surface area contributed by atoms with Gasteiger partial charge in [0.2, 0.25) is 5.91 Å². The molecular weight excluding hydrogens is 282 g/mol. The molecule has 0 saturated heterocycles. The molecule has 0 radical (unpaired) electrons. The number of likely N-dealkylation sites (N-methyl/N-ethyl adjacent to an activating group) is 1. The summed E-state index contributed by atoms with van der Waals surface area (Å²) in [6, 6.07) is 10.0. The molecule has 112 valence electrons. The molecule has 4 heteroatoms. The summed E-state index contributed by atoms with van der Waals surface area (Å²) in [5.41, 5.74) is 2.41. The van der Waals surface area contributed by atoms with Crippen LogP contribution >= 0.6 is 11.3 Å². The van der Waals surface area contributed by atoms with Crippen molar-refractivity contribution >= 4 is 17.2 Å². The Kier molecular flexibility index (Phi) is 5.81. The van der Waals surface area contributed by atoms with Crippen molar-refractivity contribution in [3.05, 3.63) is 52.2 Å². The first kappa shape index (κ1) is 15.6. The average Bonchev–Trinajstić information content (AvgIpc) is 2.98. The van der Waals surface area contributed by atoms with Crippen molar-refractivity contribution in [2.75, 3.05) is 20.2 Å². The molecule has 1 aromatic carbocycles. The van der Waals surface area contributed by atoms with Crippen LogP contribution < -0.4 is 4.74 Å². The zero-order chi connectivity index (χ0) is 15.1. The highest BCUT2D eigenvalue weighted by Crippen LogP contribution is 2.12. The van der Waals surface area contributed by atoms with Crippen molar-refractivity contribution in [2.45, 2.75) is 19.8 Å². The zero-order valence-electron chi connectivity index (χ0n) is 12.5. The van der Waals surface area contributed by atoms with Gasteiger partial charge in [0.15, 0.2) is 0 Å². The van der Waals surface area contributed by atoms with Crippen LogP contribution in [0.5, 0.6) is 5.75 Å². The monoisotopic (exact) mass is 303 g/mol. The number of carbonyl (C=O) groups excluding carboxylic acids is 1. The smallest absolute Gasteiger partial charge is 0.222 e. The van der Waals surface area contributed by atoms with E-state index >= 15 is 0 Å². The Balaban J connectivity index is 1.68. The van der Waals surface area contributed by atoms with Gasteiger partial charge < -0.3 is 9.64 Å². The fourth-order valence-electron chi connectivity index (χ4n) is 2.01. The first-order chi connectivity index (χ1) is 10.1. The maximum Gasteiger partial charge on any atom is 0.222 e. The average molecular weight is 303 g/mol. The van der Waals surface area contributed by atoms with Gasteiger partial charge in [-0.3, -0.25) is 4.79 Å². The summed E-state index contributed by atoms with van der Waals surface area (Å²) in [7, 11) is 1.83. The quantitative estimate of drug-likeness (QED) is 0.783. The van der Waals surface area contributed by atoms with Crippen LogP contribution in [0.2, 0.25) is 0 Å². The predicted octanol–water partition coefficient (Wildman–Crippen LogP) is 3.53. The molecule has 1 amide bonds. The van der Waals surface area contributed by atoms with Crippen LogP contribution in [0.15, 0.2) is 41.1 Å². The molecule has 21 heavy (non-hydrogen) atoms. The third kappa shape index (κ3) is 5.23. The van der Waals surface area contributed by atoms with E-state index in [0.29, 0.717) is 19.6 Å². The van der Waals surface area contributed by atoms with E-state index in [9.17, 15) is 4.79 Å². The Bertz CT molecular complexity index is 566. The van der Waals surface area contributed by atoms with Crippen molar-refractivity contribution < 1.29 is 9.53 Å². The lowest BCUT2D eigenvalue weighted by molar-refractivity contribution is -0.130. The maximum absolute atomic E-state index is 12.0. The molecule has 3 nitrogen and oxygen atoms in total. The van der Waals surface area contributed by atoms with E-state index in [0.717, 1.165) is 12.2 Å². The van der Waals surface area contributed by atoms with Gasteiger partial charge in [-0.2, -0.15) is 11.3 Å². The summed E-state index contributed by atoms with van der Waals surface area (Å²) in [5, 5.41) is 4.13. The lowest BCUT2D eigenvalue weighted by Crippen LogP contribution is -2.31. The van der Waals surface area contributed by atoms with E-state index in [1.807, 2.05) is 43.6 Å². The van der Waals surface area contributed by atoms with Gasteiger partial charge in [0.1, 0.15) is 12.4 Å². The molecule has 0 fully saturated rings. The number of thiophene rings is 1. The molecule has 0 aliphatic carbocycles. The van der Waals surface area contributed by atoms with Gasteiger partial charge in [-0.15, -0.1) is 0 Å². The van der Waals surface area contributed by atoms with Crippen molar-refractivity contribution in [3.8, 4) is 5.75 Å². The van der Waals surface area contributed by atoms with Gasteiger partial charge in [0.05, 0.1) is 6.54 Å². The van der Waals surface area contributed by atoms with Crippen molar-refractivity contribution in [2.24, 2.45) is 0 Å². The normalized spacial score (nSPS) is 10.4. The lowest BCUT2D eigenvalue weighted by atomic mass is 10.2. The second-order valence-electron chi connectivity index (χ2n) is 5.11. The Hall–Kier alpha value is -1.81. The van der Waals surface area contributed by atoms with Gasteiger partial charge in [-0.1, -0.05) is 12.1 Å². The fourth-order valence-corrected chi connectivity index (χ4v) is 2.71. The van der Waals surface area contributed by atoms with Crippen LogP contribution in [-0.4, -0.2) is 31.0 Å². The Morgan fingerprint density at radius 3 is 2.90 bits per heavy atom. The van der Waals surface area contributed by atoms with E-state index < -0.39 is 0 Å². The van der Waals surface area contributed by atoms with Crippen LogP contribution in [0.25, 0.3) is 0 Å². The summed E-state index contributed by atoms with van der Waals surface area (Å²) < 4.78 is 5.67. The molecule has 1 aromatic heterocycles. The number of amides is 1. The Morgan fingerprint density at radius 1 is 1.33 bits per heavy atom. The number of hydrogen-bond donors (Lipinski definition) is 0. The summed E-state index contributed by atoms with van der Waals surface area (Å²) >= 11 is 1.67. The number of rotatable bonds is 7. The van der Waals surface area contributed by atoms with Crippen LogP contribution in [0, 0.1) is 6.92 Å². The minimum absolute atomic E-state index is 0.161. The van der Waals surface area contributed by atoms with Crippen molar-refractivity contribution in [1.82, 2.24) is 4.90 Å². The first-order valence-electron chi connectivity index (χ1n) is 7.09. The summed E-state index contributed by atoms with van der Waals surface area (Å²) in [6.45, 7) is 3.16. The highest BCUT2D eigenvalue weighted by atomic mass is 32.1. The minimum Gasteiger partial charge on any atom is -0.492 e. The molecule has 0 unspecified atom stereocenters. The topological polar surface area (TPSA) is 29.5 Å². The van der Waals surface area contributed by atoms with Crippen LogP contribution in [-0.2, 0) is 11.2 Å². The van der Waals surface area contributed by atoms with Crippen LogP contribution in [0.4, 0.5) is 0 Å². The van der Waals surface area contributed by atoms with E-state index in [1.165, 1.54) is 11.1 Å². The third-order valence-corrected chi connectivity index (χ3v) is 4.05. The number of nitrogens with zero attached hydrogens (tertiary/aromatic N) is 1. The molecule has 0 aliphatic heterocycles. The molecule has 0 saturated carbocycles. The summed E-state index contributed by atoms with van der Waals surface area (Å²) in [5.74, 6) is 1.02. The second kappa shape index (κ2) is 7.84. The highest BCUT2D eigenvalue weighted by Gasteiger charge is 2.09. The molecule has 0 aliphatic rings. The van der Waals surface area contributed by atoms with E-state index in [4.69, 9.17) is 4.74 Å². The number of hydrogen-bond acceptors (Lipinski definition) is 3. The minimum atomic E-state index is 0.161. The molecule has 2 rings (SSSR count). The highest BCUT2D eigenvalue weighted by molar-refractivity contribution is 7.07. The van der Waals surface area contributed by atoms with Gasteiger partial charge in [-0.05, 0) is 53.4 Å². The third-order valence-electron chi connectivity index (χ3n) is 3.32. The van der Waals surface area contributed by atoms with Gasteiger partial charge in [0, 0.05) is 13.5 Å². The molecule has 2 aromatic rings. The van der Waals surface area contributed by atoms with Crippen LogP contribution in [0.1, 0.15) is 17.5 Å². The molecular formula is C17H21NO2S. The number of benzene rings is 1. The van der Waals surface area contributed by atoms with Gasteiger partial charge >= 0.3 is 0 Å². The van der Waals surface area contributed by atoms with Gasteiger partial charge in [0.25, 0.3) is 0 Å². The Morgan fingerprint density at radius 2 is 2.19 bits per heavy atom. The maximum atomic E-state index is 12.0. The molecule has 0 N–H and O–H groups in total. The van der Waals surface area contributed by atoms with E-state index in [1.54, 1.807) is 16.2 Å². The number of carbonyl (C=O) groups is 1. The molecule has 0 bridgehead atoms. The zero-order valence-corrected chi connectivity index (χ0v) is 13.4. The predicted molar refractivity (Wildman–Crippen MR) is 87.0 cm³/mol.